The van der Waals surface area contributed by atoms with Crippen molar-refractivity contribution in [3.8, 4) is 5.75 Å². The number of likely N-dealkylation sites (N-methyl/N-ethyl adjacent to an activating group) is 1. The summed E-state index contributed by atoms with van der Waals surface area (Å²) >= 11 is 0. The zero-order chi connectivity index (χ0) is 16.9. The summed E-state index contributed by atoms with van der Waals surface area (Å²) in [5.74, 6) is 1.01. The fourth-order valence-electron chi connectivity index (χ4n) is 3.28. The first-order chi connectivity index (χ1) is 11.7. The molecule has 1 fully saturated rings. The Hall–Kier alpha value is -2.33. The zero-order valence-corrected chi connectivity index (χ0v) is 14.0. The van der Waals surface area contributed by atoms with Crippen molar-refractivity contribution in [3.05, 3.63) is 65.7 Å². The summed E-state index contributed by atoms with van der Waals surface area (Å²) in [4.78, 5) is 14.0. The fourth-order valence-corrected chi connectivity index (χ4v) is 3.28. The van der Waals surface area contributed by atoms with Crippen LogP contribution < -0.4 is 10.5 Å². The van der Waals surface area contributed by atoms with Crippen molar-refractivity contribution in [1.29, 1.82) is 0 Å². The molecule has 2 N–H and O–H groups in total. The van der Waals surface area contributed by atoms with Crippen molar-refractivity contribution < 1.29 is 9.53 Å². The second-order valence-electron chi connectivity index (χ2n) is 6.17. The molecule has 2 unspecified atom stereocenters. The van der Waals surface area contributed by atoms with E-state index in [2.05, 4.69) is 0 Å². The van der Waals surface area contributed by atoms with Crippen LogP contribution >= 0.6 is 0 Å². The lowest BCUT2D eigenvalue weighted by Crippen LogP contribution is -2.48. The molecular weight excluding hydrogens is 300 g/mol. The standard InChI is InChI=1S/C20H24N2O2/c1-2-22-19(23)13-12-18(21)20(22)16-8-10-17(11-9-16)24-14-15-6-4-3-5-7-15/h3-11,18,20H,2,12-14,21H2,1H3. The Kier molecular flexibility index (Phi) is 5.16. The van der Waals surface area contributed by atoms with E-state index >= 15 is 0 Å². The largest absolute Gasteiger partial charge is 0.489 e. The predicted octanol–water partition coefficient (Wildman–Crippen LogP) is 3.28. The molecule has 0 bridgehead atoms. The van der Waals surface area contributed by atoms with E-state index in [9.17, 15) is 4.79 Å². The first kappa shape index (κ1) is 16.5. The molecule has 1 amide bonds. The molecule has 1 heterocycles. The zero-order valence-electron chi connectivity index (χ0n) is 14.0. The lowest BCUT2D eigenvalue weighted by molar-refractivity contribution is -0.137. The maximum atomic E-state index is 12.1. The van der Waals surface area contributed by atoms with Crippen LogP contribution in [0.15, 0.2) is 54.6 Å². The van der Waals surface area contributed by atoms with Crippen molar-refractivity contribution in [1.82, 2.24) is 4.90 Å². The number of carbonyl (C=O) groups excluding carboxylic acids is 1. The second kappa shape index (κ2) is 7.49. The summed E-state index contributed by atoms with van der Waals surface area (Å²) in [5, 5.41) is 0. The van der Waals surface area contributed by atoms with Crippen LogP contribution in [0.2, 0.25) is 0 Å². The van der Waals surface area contributed by atoms with E-state index in [-0.39, 0.29) is 18.0 Å². The number of hydrogen-bond donors (Lipinski definition) is 1. The quantitative estimate of drug-likeness (QED) is 0.918. The lowest BCUT2D eigenvalue weighted by atomic mass is 9.90. The molecule has 2 atom stereocenters. The van der Waals surface area contributed by atoms with Gasteiger partial charge in [0, 0.05) is 19.0 Å². The number of ether oxygens (including phenoxy) is 1. The monoisotopic (exact) mass is 324 g/mol. The normalized spacial score (nSPS) is 20.9. The minimum absolute atomic E-state index is 0.0151. The third-order valence-corrected chi connectivity index (χ3v) is 4.56. The van der Waals surface area contributed by atoms with Crippen molar-refractivity contribution in [3.63, 3.8) is 0 Å². The van der Waals surface area contributed by atoms with Gasteiger partial charge in [-0.25, -0.2) is 0 Å². The van der Waals surface area contributed by atoms with Gasteiger partial charge < -0.3 is 15.4 Å². The number of hydrogen-bond acceptors (Lipinski definition) is 3. The van der Waals surface area contributed by atoms with Gasteiger partial charge in [-0.05, 0) is 36.6 Å². The van der Waals surface area contributed by atoms with Crippen LogP contribution in [-0.4, -0.2) is 23.4 Å². The maximum absolute atomic E-state index is 12.1. The van der Waals surface area contributed by atoms with E-state index in [1.165, 1.54) is 0 Å². The number of benzene rings is 2. The molecule has 2 aromatic carbocycles. The molecule has 4 heteroatoms. The summed E-state index contributed by atoms with van der Waals surface area (Å²) in [6.45, 7) is 3.23. The van der Waals surface area contributed by atoms with Crippen LogP contribution in [0.4, 0.5) is 0 Å². The molecule has 0 saturated carbocycles. The fraction of sp³-hybridized carbons (Fsp3) is 0.350. The molecule has 0 aromatic heterocycles. The highest BCUT2D eigenvalue weighted by Gasteiger charge is 2.33. The second-order valence-corrected chi connectivity index (χ2v) is 6.17. The van der Waals surface area contributed by atoms with E-state index in [1.807, 2.05) is 66.4 Å². The summed E-state index contributed by atoms with van der Waals surface area (Å²) < 4.78 is 5.82. The van der Waals surface area contributed by atoms with Gasteiger partial charge in [0.05, 0.1) is 6.04 Å². The molecule has 0 aliphatic carbocycles. The van der Waals surface area contributed by atoms with Gasteiger partial charge >= 0.3 is 0 Å². The number of amides is 1. The van der Waals surface area contributed by atoms with Gasteiger partial charge in [-0.15, -0.1) is 0 Å². The third-order valence-electron chi connectivity index (χ3n) is 4.56. The number of carbonyl (C=O) groups is 1. The Labute approximate surface area is 143 Å². The van der Waals surface area contributed by atoms with E-state index in [1.54, 1.807) is 0 Å². The summed E-state index contributed by atoms with van der Waals surface area (Å²) in [6, 6.07) is 18.0. The number of nitrogens with two attached hydrogens (primary N) is 1. The molecule has 1 aliphatic rings. The molecule has 2 aromatic rings. The Bertz CT molecular complexity index is 670. The van der Waals surface area contributed by atoms with Crippen LogP contribution in [0.25, 0.3) is 0 Å². The molecule has 0 spiro atoms. The first-order valence-corrected chi connectivity index (χ1v) is 8.50. The maximum Gasteiger partial charge on any atom is 0.223 e. The van der Waals surface area contributed by atoms with Crippen LogP contribution in [0.1, 0.15) is 36.9 Å². The third kappa shape index (κ3) is 3.60. The van der Waals surface area contributed by atoms with Gasteiger partial charge in [-0.3, -0.25) is 4.79 Å². The number of piperidine rings is 1. The lowest BCUT2D eigenvalue weighted by Gasteiger charge is -2.39. The number of nitrogens with zero attached hydrogens (tertiary/aromatic N) is 1. The minimum atomic E-state index is -0.0422. The Morgan fingerprint density at radius 1 is 1.12 bits per heavy atom. The minimum Gasteiger partial charge on any atom is -0.489 e. The summed E-state index contributed by atoms with van der Waals surface area (Å²) in [7, 11) is 0. The Balaban J connectivity index is 1.70. The van der Waals surface area contributed by atoms with Gasteiger partial charge in [0.1, 0.15) is 12.4 Å². The molecule has 0 radical (unpaired) electrons. The Morgan fingerprint density at radius 3 is 2.50 bits per heavy atom. The first-order valence-electron chi connectivity index (χ1n) is 8.50. The van der Waals surface area contributed by atoms with E-state index in [0.717, 1.165) is 23.3 Å². The smallest absolute Gasteiger partial charge is 0.223 e. The number of rotatable bonds is 5. The summed E-state index contributed by atoms with van der Waals surface area (Å²) in [6.07, 6.45) is 1.29. The molecule has 3 rings (SSSR count). The van der Waals surface area contributed by atoms with Crippen LogP contribution in [0.3, 0.4) is 0 Å². The molecule has 24 heavy (non-hydrogen) atoms. The van der Waals surface area contributed by atoms with Gasteiger partial charge in [-0.1, -0.05) is 42.5 Å². The molecule has 4 nitrogen and oxygen atoms in total. The van der Waals surface area contributed by atoms with Crippen molar-refractivity contribution in [2.45, 2.75) is 38.5 Å². The van der Waals surface area contributed by atoms with Crippen molar-refractivity contribution >= 4 is 5.91 Å². The van der Waals surface area contributed by atoms with Crippen molar-refractivity contribution in [2.24, 2.45) is 5.73 Å². The molecular formula is C20H24N2O2. The van der Waals surface area contributed by atoms with Gasteiger partial charge in [0.15, 0.2) is 0 Å². The summed E-state index contributed by atoms with van der Waals surface area (Å²) in [5.41, 5.74) is 8.50. The van der Waals surface area contributed by atoms with E-state index in [4.69, 9.17) is 10.5 Å². The van der Waals surface area contributed by atoms with Gasteiger partial charge in [0.2, 0.25) is 5.91 Å². The average Bonchev–Trinajstić information content (AvgIpc) is 2.63. The van der Waals surface area contributed by atoms with Crippen LogP contribution in [-0.2, 0) is 11.4 Å². The van der Waals surface area contributed by atoms with Gasteiger partial charge in [-0.2, -0.15) is 0 Å². The highest BCUT2D eigenvalue weighted by molar-refractivity contribution is 5.77. The van der Waals surface area contributed by atoms with E-state index < -0.39 is 0 Å². The SMILES string of the molecule is CCN1C(=O)CCC(N)C1c1ccc(OCc2ccccc2)cc1. The highest BCUT2D eigenvalue weighted by atomic mass is 16.5. The predicted molar refractivity (Wildman–Crippen MR) is 94.6 cm³/mol. The van der Waals surface area contributed by atoms with Gasteiger partial charge in [0.25, 0.3) is 0 Å². The Morgan fingerprint density at radius 2 is 1.83 bits per heavy atom. The highest BCUT2D eigenvalue weighted by Crippen LogP contribution is 2.31. The van der Waals surface area contributed by atoms with Crippen molar-refractivity contribution in [2.75, 3.05) is 6.54 Å². The van der Waals surface area contributed by atoms with E-state index in [0.29, 0.717) is 19.6 Å². The topological polar surface area (TPSA) is 55.6 Å². The van der Waals surface area contributed by atoms with Crippen LogP contribution in [0, 0.1) is 0 Å². The average molecular weight is 324 g/mol. The molecule has 1 saturated heterocycles. The molecule has 1 aliphatic heterocycles. The van der Waals surface area contributed by atoms with Crippen LogP contribution in [0.5, 0.6) is 5.75 Å². The molecule has 126 valence electrons. The number of likely N-dealkylation sites (tertiary alicyclic amines) is 1.